The van der Waals surface area contributed by atoms with Crippen molar-refractivity contribution in [2.75, 3.05) is 40.0 Å². The zero-order chi connectivity index (χ0) is 19.9. The fraction of sp³-hybridized carbons (Fsp3) is 0.727. The number of ether oxygens (including phenoxy) is 4. The third-order valence-corrected chi connectivity index (χ3v) is 5.88. The summed E-state index contributed by atoms with van der Waals surface area (Å²) in [6.45, 7) is 9.87. The number of fused-ring (bicyclic) bond motifs is 3. The van der Waals surface area contributed by atoms with Crippen LogP contribution in [0.5, 0.6) is 11.5 Å². The first kappa shape index (κ1) is 19.9. The van der Waals surface area contributed by atoms with Crippen molar-refractivity contribution in [3.8, 4) is 11.5 Å². The minimum Gasteiger partial charge on any atom is -0.493 e. The predicted molar refractivity (Wildman–Crippen MR) is 105 cm³/mol. The highest BCUT2D eigenvalue weighted by Gasteiger charge is 2.37. The van der Waals surface area contributed by atoms with Crippen LogP contribution >= 0.6 is 0 Å². The Bertz CT molecular complexity index is 713. The quantitative estimate of drug-likeness (QED) is 0.762. The topological polar surface area (TPSA) is 40.2 Å². The highest BCUT2D eigenvalue weighted by atomic mass is 19.1. The summed E-state index contributed by atoms with van der Waals surface area (Å²) in [5.41, 5.74) is 1.70. The van der Waals surface area contributed by atoms with E-state index >= 15 is 4.39 Å². The molecule has 0 spiro atoms. The van der Waals surface area contributed by atoms with Gasteiger partial charge >= 0.3 is 0 Å². The lowest BCUT2D eigenvalue weighted by atomic mass is 9.85. The number of benzene rings is 1. The van der Waals surface area contributed by atoms with E-state index < -0.39 is 0 Å². The molecule has 3 aliphatic rings. The second-order valence-electron chi connectivity index (χ2n) is 9.19. The monoisotopic (exact) mass is 393 g/mol. The van der Waals surface area contributed by atoms with E-state index in [1.165, 1.54) is 0 Å². The third kappa shape index (κ3) is 4.00. The average Bonchev–Trinajstić information content (AvgIpc) is 2.60. The number of hydrogen-bond donors (Lipinski definition) is 0. The second kappa shape index (κ2) is 7.81. The first-order valence-electron chi connectivity index (χ1n) is 10.4. The first-order chi connectivity index (χ1) is 13.4. The maximum absolute atomic E-state index is 15.4. The fourth-order valence-corrected chi connectivity index (χ4v) is 4.54. The molecule has 1 aromatic rings. The predicted octanol–water partition coefficient (Wildman–Crippen LogP) is 3.74. The first-order valence-corrected chi connectivity index (χ1v) is 10.4. The van der Waals surface area contributed by atoms with E-state index in [0.29, 0.717) is 37.9 Å². The van der Waals surface area contributed by atoms with Gasteiger partial charge in [0.25, 0.3) is 0 Å². The van der Waals surface area contributed by atoms with Crippen molar-refractivity contribution in [2.45, 2.75) is 57.8 Å². The molecule has 0 radical (unpaired) electrons. The smallest absolute Gasteiger partial charge is 0.197 e. The molecule has 28 heavy (non-hydrogen) atoms. The maximum Gasteiger partial charge on any atom is 0.197 e. The number of methoxy groups -OCH3 is 1. The van der Waals surface area contributed by atoms with E-state index in [9.17, 15) is 0 Å². The third-order valence-electron chi connectivity index (χ3n) is 5.88. The van der Waals surface area contributed by atoms with Gasteiger partial charge in [-0.15, -0.1) is 0 Å². The maximum atomic E-state index is 15.4. The summed E-state index contributed by atoms with van der Waals surface area (Å²) in [5, 5.41) is 0. The van der Waals surface area contributed by atoms with E-state index in [0.717, 1.165) is 37.1 Å². The molecule has 6 heteroatoms. The Morgan fingerprint density at radius 2 is 2.04 bits per heavy atom. The van der Waals surface area contributed by atoms with E-state index in [4.69, 9.17) is 18.9 Å². The van der Waals surface area contributed by atoms with Gasteiger partial charge in [0.05, 0.1) is 38.6 Å². The van der Waals surface area contributed by atoms with Crippen LogP contribution in [0, 0.1) is 11.7 Å². The fourth-order valence-electron chi connectivity index (χ4n) is 4.54. The lowest BCUT2D eigenvalue weighted by Gasteiger charge is -2.45. The summed E-state index contributed by atoms with van der Waals surface area (Å²) in [7, 11) is 1.58. The number of rotatable bonds is 5. The molecule has 3 heterocycles. The molecule has 0 aromatic heterocycles. The summed E-state index contributed by atoms with van der Waals surface area (Å²) in [5.74, 6) is 0.841. The molecule has 0 aliphatic carbocycles. The standard InChI is InChI=1S/C22H32FNO4/c1-22(2,3)28-15-5-6-18-17-9-19(25-4)21(27-13-14-11-26-12-14)20(23)16(17)7-8-24(18)10-15/h9,14-15,18H,5-8,10-13H2,1-4H3. The summed E-state index contributed by atoms with van der Waals surface area (Å²) >= 11 is 0. The molecule has 4 rings (SSSR count). The molecule has 1 aromatic carbocycles. The van der Waals surface area contributed by atoms with Gasteiger partial charge < -0.3 is 18.9 Å². The Balaban J connectivity index is 1.54. The van der Waals surface area contributed by atoms with Crippen molar-refractivity contribution in [1.29, 1.82) is 0 Å². The SMILES string of the molecule is COc1cc2c(c(F)c1OCC1COC1)CCN1CC(OC(C)(C)C)CCC21. The van der Waals surface area contributed by atoms with Gasteiger partial charge in [-0.1, -0.05) is 0 Å². The molecule has 3 aliphatic heterocycles. The molecule has 0 amide bonds. The van der Waals surface area contributed by atoms with Crippen LogP contribution in [-0.4, -0.2) is 56.6 Å². The van der Waals surface area contributed by atoms with Crippen LogP contribution in [0.25, 0.3) is 0 Å². The zero-order valence-corrected chi connectivity index (χ0v) is 17.4. The van der Waals surface area contributed by atoms with Crippen molar-refractivity contribution in [2.24, 2.45) is 5.92 Å². The van der Waals surface area contributed by atoms with Crippen molar-refractivity contribution in [1.82, 2.24) is 4.90 Å². The Morgan fingerprint density at radius 3 is 2.68 bits per heavy atom. The van der Waals surface area contributed by atoms with Crippen LogP contribution in [0.2, 0.25) is 0 Å². The number of hydrogen-bond acceptors (Lipinski definition) is 5. The van der Waals surface area contributed by atoms with Crippen molar-refractivity contribution >= 4 is 0 Å². The van der Waals surface area contributed by atoms with Gasteiger partial charge in [-0.2, -0.15) is 0 Å². The summed E-state index contributed by atoms with van der Waals surface area (Å²) in [6.07, 6.45) is 2.88. The summed E-state index contributed by atoms with van der Waals surface area (Å²) in [6, 6.07) is 2.22. The van der Waals surface area contributed by atoms with Gasteiger partial charge in [0.2, 0.25) is 0 Å². The molecule has 2 fully saturated rings. The highest BCUT2D eigenvalue weighted by molar-refractivity contribution is 5.51. The van der Waals surface area contributed by atoms with Gasteiger partial charge in [-0.05, 0) is 57.2 Å². The minimum atomic E-state index is -0.248. The van der Waals surface area contributed by atoms with Crippen LogP contribution in [0.15, 0.2) is 6.07 Å². The minimum absolute atomic E-state index is 0.141. The molecule has 2 saturated heterocycles. The Hall–Kier alpha value is -1.37. The molecule has 0 saturated carbocycles. The van der Waals surface area contributed by atoms with Crippen LogP contribution in [0.1, 0.15) is 50.8 Å². The molecule has 2 unspecified atom stereocenters. The molecule has 0 bridgehead atoms. The average molecular weight is 393 g/mol. The highest BCUT2D eigenvalue weighted by Crippen LogP contribution is 2.44. The van der Waals surface area contributed by atoms with E-state index in [2.05, 4.69) is 25.7 Å². The molecular weight excluding hydrogens is 361 g/mol. The van der Waals surface area contributed by atoms with Gasteiger partial charge in [0, 0.05) is 25.0 Å². The summed E-state index contributed by atoms with van der Waals surface area (Å²) in [4.78, 5) is 2.44. The Kier molecular flexibility index (Phi) is 5.55. The zero-order valence-electron chi connectivity index (χ0n) is 17.4. The lowest BCUT2D eigenvalue weighted by Crippen LogP contribution is -2.47. The van der Waals surface area contributed by atoms with Gasteiger partial charge in [0.1, 0.15) is 0 Å². The number of piperidine rings is 1. The molecule has 2 atom stereocenters. The van der Waals surface area contributed by atoms with Crippen LogP contribution in [0.4, 0.5) is 4.39 Å². The summed E-state index contributed by atoms with van der Waals surface area (Å²) < 4.78 is 38.1. The largest absolute Gasteiger partial charge is 0.493 e. The van der Waals surface area contributed by atoms with Crippen LogP contribution in [0.3, 0.4) is 0 Å². The lowest BCUT2D eigenvalue weighted by molar-refractivity contribution is -0.0972. The van der Waals surface area contributed by atoms with Crippen molar-refractivity contribution < 1.29 is 23.3 Å². The molecule has 5 nitrogen and oxygen atoms in total. The molecular formula is C22H32FNO4. The Morgan fingerprint density at radius 1 is 1.25 bits per heavy atom. The van der Waals surface area contributed by atoms with E-state index in [1.54, 1.807) is 7.11 Å². The Labute approximate surface area is 167 Å². The van der Waals surface area contributed by atoms with Crippen molar-refractivity contribution in [3.05, 3.63) is 23.0 Å². The van der Waals surface area contributed by atoms with Crippen molar-refractivity contribution in [3.63, 3.8) is 0 Å². The molecule has 0 N–H and O–H groups in total. The van der Waals surface area contributed by atoms with Crippen LogP contribution < -0.4 is 9.47 Å². The van der Waals surface area contributed by atoms with Crippen LogP contribution in [-0.2, 0) is 15.9 Å². The number of halogens is 1. The van der Waals surface area contributed by atoms with Gasteiger partial charge in [0.15, 0.2) is 17.3 Å². The molecule has 156 valence electrons. The number of nitrogens with zero attached hydrogens (tertiary/aromatic N) is 1. The van der Waals surface area contributed by atoms with E-state index in [1.807, 2.05) is 6.07 Å². The van der Waals surface area contributed by atoms with E-state index in [-0.39, 0.29) is 29.3 Å². The van der Waals surface area contributed by atoms with Gasteiger partial charge in [-0.3, -0.25) is 4.90 Å². The van der Waals surface area contributed by atoms with Gasteiger partial charge in [-0.25, -0.2) is 4.39 Å². The normalized spacial score (nSPS) is 25.6. The second-order valence-corrected chi connectivity index (χ2v) is 9.19.